The third-order valence-electron chi connectivity index (χ3n) is 5.60. The van der Waals surface area contributed by atoms with E-state index < -0.39 is 5.92 Å². The van der Waals surface area contributed by atoms with Crippen LogP contribution in [0.3, 0.4) is 0 Å². The fourth-order valence-electron chi connectivity index (χ4n) is 4.24. The van der Waals surface area contributed by atoms with E-state index in [1.54, 1.807) is 0 Å². The highest BCUT2D eigenvalue weighted by Gasteiger charge is 2.39. The van der Waals surface area contributed by atoms with Gasteiger partial charge in [0.15, 0.2) is 5.78 Å². The molecule has 1 N–H and O–H groups in total. The van der Waals surface area contributed by atoms with Crippen molar-refractivity contribution in [2.75, 3.05) is 6.61 Å². The lowest BCUT2D eigenvalue weighted by atomic mass is 9.75. The predicted molar refractivity (Wildman–Crippen MR) is 119 cm³/mol. The first-order valence-corrected chi connectivity index (χ1v) is 10.8. The number of rotatable bonds is 6. The number of Topliss-reactive ketones (excluding diaryl/α,β-unsaturated/α-hetero) is 1. The van der Waals surface area contributed by atoms with Crippen molar-refractivity contribution in [3.63, 3.8) is 0 Å². The van der Waals surface area contributed by atoms with E-state index in [0.29, 0.717) is 29.9 Å². The van der Waals surface area contributed by atoms with Crippen molar-refractivity contribution in [3.8, 4) is 11.5 Å². The maximum atomic E-state index is 13.0. The summed E-state index contributed by atoms with van der Waals surface area (Å²) in [7, 11) is 0. The molecule has 5 nitrogen and oxygen atoms in total. The van der Waals surface area contributed by atoms with Gasteiger partial charge in [0.25, 0.3) is 0 Å². The molecule has 0 saturated heterocycles. The molecule has 2 aliphatic rings. The third kappa shape index (κ3) is 4.41. The summed E-state index contributed by atoms with van der Waals surface area (Å²) < 4.78 is 11.5. The molecule has 160 valence electrons. The number of dihydropyridines is 1. The van der Waals surface area contributed by atoms with E-state index in [1.165, 1.54) is 0 Å². The molecule has 1 atom stereocenters. The topological polar surface area (TPSA) is 64.6 Å². The zero-order valence-corrected chi connectivity index (χ0v) is 17.9. The molecule has 0 fully saturated rings. The fraction of sp³-hybridized carbons (Fsp3) is 0.308. The van der Waals surface area contributed by atoms with Crippen molar-refractivity contribution >= 4 is 11.8 Å². The molecule has 1 aliphatic carbocycles. The second-order valence-electron chi connectivity index (χ2n) is 7.89. The van der Waals surface area contributed by atoms with Crippen LogP contribution in [-0.2, 0) is 14.3 Å². The lowest BCUT2D eigenvalue weighted by Crippen LogP contribution is -2.34. The molecule has 0 bridgehead atoms. The van der Waals surface area contributed by atoms with Crippen molar-refractivity contribution < 1.29 is 19.1 Å². The van der Waals surface area contributed by atoms with Crippen LogP contribution in [0.2, 0.25) is 0 Å². The van der Waals surface area contributed by atoms with E-state index in [0.717, 1.165) is 42.0 Å². The van der Waals surface area contributed by atoms with Gasteiger partial charge in [-0.3, -0.25) is 4.79 Å². The molecule has 0 aromatic heterocycles. The summed E-state index contributed by atoms with van der Waals surface area (Å²) in [5.74, 6) is 0.629. The van der Waals surface area contributed by atoms with E-state index in [1.807, 2.05) is 68.4 Å². The largest absolute Gasteiger partial charge is 0.462 e. The molecule has 31 heavy (non-hydrogen) atoms. The SMILES string of the molecule is CCCOC(=O)C1=C(C)NC2=C(C(=O)CCC2)[C@H]1c1cccc(Oc2ccccc2)c1. The van der Waals surface area contributed by atoms with Gasteiger partial charge in [0.05, 0.1) is 12.2 Å². The first-order valence-electron chi connectivity index (χ1n) is 10.8. The van der Waals surface area contributed by atoms with Gasteiger partial charge in [0.2, 0.25) is 0 Å². The van der Waals surface area contributed by atoms with Crippen LogP contribution in [-0.4, -0.2) is 18.4 Å². The predicted octanol–water partition coefficient (Wildman–Crippen LogP) is 5.40. The quantitative estimate of drug-likeness (QED) is 0.638. The second kappa shape index (κ2) is 9.21. The Bertz CT molecular complexity index is 1050. The van der Waals surface area contributed by atoms with Gasteiger partial charge in [-0.15, -0.1) is 0 Å². The first kappa shape index (κ1) is 20.9. The number of carbonyl (C=O) groups excluding carboxylic acids is 2. The Balaban J connectivity index is 1.76. The molecule has 0 saturated carbocycles. The summed E-state index contributed by atoms with van der Waals surface area (Å²) in [5.41, 5.74) is 3.69. The molecule has 5 heteroatoms. The first-order chi connectivity index (χ1) is 15.1. The molecule has 0 unspecified atom stereocenters. The number of nitrogens with one attached hydrogen (secondary N) is 1. The standard InChI is InChI=1S/C26H27NO4/c1-3-15-30-26(29)23-17(2)27-21-13-8-14-22(28)25(21)24(23)18-9-7-12-20(16-18)31-19-10-5-4-6-11-19/h4-7,9-12,16,24,27H,3,8,13-15H2,1-2H3/t24-/m0/s1. The third-order valence-corrected chi connectivity index (χ3v) is 5.60. The van der Waals surface area contributed by atoms with E-state index >= 15 is 0 Å². The van der Waals surface area contributed by atoms with Gasteiger partial charge >= 0.3 is 5.97 Å². The van der Waals surface area contributed by atoms with Crippen LogP contribution in [0.25, 0.3) is 0 Å². The minimum Gasteiger partial charge on any atom is -0.462 e. The Labute approximate surface area is 182 Å². The van der Waals surface area contributed by atoms with Crippen LogP contribution in [0.1, 0.15) is 51.0 Å². The van der Waals surface area contributed by atoms with Gasteiger partial charge in [0, 0.05) is 29.3 Å². The Morgan fingerprint density at radius 3 is 2.61 bits per heavy atom. The minimum absolute atomic E-state index is 0.0847. The van der Waals surface area contributed by atoms with Gasteiger partial charge < -0.3 is 14.8 Å². The molecular weight excluding hydrogens is 390 g/mol. The summed E-state index contributed by atoms with van der Waals surface area (Å²) in [4.78, 5) is 26.0. The number of hydrogen-bond donors (Lipinski definition) is 1. The van der Waals surface area contributed by atoms with Crippen molar-refractivity contribution in [1.29, 1.82) is 0 Å². The van der Waals surface area contributed by atoms with Crippen LogP contribution in [0, 0.1) is 0 Å². The van der Waals surface area contributed by atoms with Crippen LogP contribution < -0.4 is 10.1 Å². The Morgan fingerprint density at radius 1 is 1.06 bits per heavy atom. The van der Waals surface area contributed by atoms with Crippen LogP contribution in [0.5, 0.6) is 11.5 Å². The van der Waals surface area contributed by atoms with E-state index in [2.05, 4.69) is 5.32 Å². The summed E-state index contributed by atoms with van der Waals surface area (Å²) in [6, 6.07) is 17.2. The molecular formula is C26H27NO4. The molecule has 1 aliphatic heterocycles. The molecule has 0 spiro atoms. The number of esters is 1. The van der Waals surface area contributed by atoms with Crippen molar-refractivity contribution in [2.45, 2.75) is 45.4 Å². The van der Waals surface area contributed by atoms with Crippen molar-refractivity contribution in [3.05, 3.63) is 82.7 Å². The highest BCUT2D eigenvalue weighted by Crippen LogP contribution is 2.43. The summed E-state index contributed by atoms with van der Waals surface area (Å²) in [6.07, 6.45) is 2.85. The molecule has 0 radical (unpaired) electrons. The summed E-state index contributed by atoms with van der Waals surface area (Å²) in [5, 5.41) is 3.32. The second-order valence-corrected chi connectivity index (χ2v) is 7.89. The van der Waals surface area contributed by atoms with Gasteiger partial charge in [-0.2, -0.15) is 0 Å². The number of para-hydroxylation sites is 1. The highest BCUT2D eigenvalue weighted by atomic mass is 16.5. The van der Waals surface area contributed by atoms with Crippen molar-refractivity contribution in [2.24, 2.45) is 0 Å². The van der Waals surface area contributed by atoms with Gasteiger partial charge in [-0.05, 0) is 56.0 Å². The minimum atomic E-state index is -0.465. The van der Waals surface area contributed by atoms with Gasteiger partial charge in [-0.25, -0.2) is 4.79 Å². The van der Waals surface area contributed by atoms with E-state index in [4.69, 9.17) is 9.47 Å². The lowest BCUT2D eigenvalue weighted by molar-refractivity contribution is -0.139. The lowest BCUT2D eigenvalue weighted by Gasteiger charge is -2.34. The highest BCUT2D eigenvalue weighted by molar-refractivity contribution is 6.03. The molecule has 0 amide bonds. The number of benzene rings is 2. The maximum absolute atomic E-state index is 13.0. The summed E-state index contributed by atoms with van der Waals surface area (Å²) in [6.45, 7) is 4.18. The maximum Gasteiger partial charge on any atom is 0.336 e. The Hall–Kier alpha value is -3.34. The van der Waals surface area contributed by atoms with Gasteiger partial charge in [-0.1, -0.05) is 37.3 Å². The van der Waals surface area contributed by atoms with Gasteiger partial charge in [0.1, 0.15) is 11.5 Å². The number of carbonyl (C=O) groups is 2. The molecule has 1 heterocycles. The monoisotopic (exact) mass is 417 g/mol. The molecule has 4 rings (SSSR count). The number of ether oxygens (including phenoxy) is 2. The molecule has 2 aromatic carbocycles. The Kier molecular flexibility index (Phi) is 6.21. The van der Waals surface area contributed by atoms with Crippen LogP contribution >= 0.6 is 0 Å². The van der Waals surface area contributed by atoms with E-state index in [9.17, 15) is 9.59 Å². The average molecular weight is 418 g/mol. The van der Waals surface area contributed by atoms with E-state index in [-0.39, 0.29) is 11.8 Å². The number of hydrogen-bond acceptors (Lipinski definition) is 5. The number of allylic oxidation sites excluding steroid dienone is 3. The Morgan fingerprint density at radius 2 is 1.84 bits per heavy atom. The zero-order valence-electron chi connectivity index (χ0n) is 17.9. The number of ketones is 1. The van der Waals surface area contributed by atoms with Crippen LogP contribution in [0.15, 0.2) is 77.1 Å². The normalized spacial score (nSPS) is 18.4. The summed E-state index contributed by atoms with van der Waals surface area (Å²) >= 11 is 0. The smallest absolute Gasteiger partial charge is 0.336 e. The average Bonchev–Trinajstić information content (AvgIpc) is 2.77. The zero-order chi connectivity index (χ0) is 21.8. The molecule has 2 aromatic rings. The van der Waals surface area contributed by atoms with Crippen LogP contribution in [0.4, 0.5) is 0 Å². The van der Waals surface area contributed by atoms with Crippen molar-refractivity contribution in [1.82, 2.24) is 5.32 Å². The fourth-order valence-corrected chi connectivity index (χ4v) is 4.24.